The zero-order valence-corrected chi connectivity index (χ0v) is 44.0. The van der Waals surface area contributed by atoms with Crippen LogP contribution < -0.4 is 41.4 Å². The van der Waals surface area contributed by atoms with Gasteiger partial charge in [0.2, 0.25) is 20.0 Å². The Morgan fingerprint density at radius 2 is 1.01 bits per heavy atom. The minimum Gasteiger partial charge on any atom is -0.495 e. The van der Waals surface area contributed by atoms with Gasteiger partial charge in [0.15, 0.2) is 21.2 Å². The van der Waals surface area contributed by atoms with E-state index in [1.165, 1.54) is 62.8 Å². The number of hydrogen-bond donors (Lipinski definition) is 4. The largest absolute Gasteiger partial charge is 0.495 e. The Hall–Kier alpha value is -5.30. The number of methoxy groups -OCH3 is 2. The lowest BCUT2D eigenvalue weighted by atomic mass is 10.0. The quantitative estimate of drug-likeness (QED) is 0.0929. The molecule has 4 aromatic carbocycles. The van der Waals surface area contributed by atoms with Crippen molar-refractivity contribution in [1.82, 2.24) is 39.0 Å². The SMILES string of the molecule is COc1ccc(Cc2c(Cl)cc(-n3nc(C(F)F)c(=O)[nH]c3=O)cc2Cl)cc1S(=O)(=O)NC1CS(=O)(=O)C1.COc1ccc(Cc2c(Cl)cc(-n3nc(C(F)F)c(=O)[nH]c3=O)cc2Cl)cc1S(=O)(=O)NC1CSC1. The normalized spacial score (nSPS) is 14.8. The van der Waals surface area contributed by atoms with Crippen LogP contribution in [0, 0.1) is 0 Å². The summed E-state index contributed by atoms with van der Waals surface area (Å²) in [5, 5.41) is 6.99. The molecule has 2 saturated heterocycles. The second-order valence-electron chi connectivity index (χ2n) is 16.1. The van der Waals surface area contributed by atoms with Crippen molar-refractivity contribution >= 4 is 88.0 Å². The van der Waals surface area contributed by atoms with Crippen LogP contribution in [0.4, 0.5) is 17.6 Å². The van der Waals surface area contributed by atoms with Crippen LogP contribution in [0.3, 0.4) is 0 Å². The van der Waals surface area contributed by atoms with Crippen molar-refractivity contribution in [2.45, 2.75) is 47.6 Å². The van der Waals surface area contributed by atoms with E-state index in [1.54, 1.807) is 33.9 Å². The highest BCUT2D eigenvalue weighted by molar-refractivity contribution is 8.01. The molecule has 0 radical (unpaired) electrons. The molecule has 20 nitrogen and oxygen atoms in total. The first-order valence-electron chi connectivity index (χ1n) is 20.9. The molecule has 2 aromatic heterocycles. The number of nitrogens with zero attached hydrogens (tertiary/aromatic N) is 4. The average molecular weight is 1190 g/mol. The van der Waals surface area contributed by atoms with E-state index in [2.05, 4.69) is 19.6 Å². The van der Waals surface area contributed by atoms with Crippen LogP contribution in [-0.2, 0) is 42.7 Å². The van der Waals surface area contributed by atoms with Gasteiger partial charge in [-0.25, -0.2) is 61.8 Å². The predicted octanol–water partition coefficient (Wildman–Crippen LogP) is 5.00. The maximum absolute atomic E-state index is 13.1. The highest BCUT2D eigenvalue weighted by Crippen LogP contribution is 2.35. The summed E-state index contributed by atoms with van der Waals surface area (Å²) in [5.41, 5.74) is -5.50. The van der Waals surface area contributed by atoms with Gasteiger partial charge in [-0.05, 0) is 70.8 Å². The zero-order chi connectivity index (χ0) is 54.2. The molecule has 0 atom stereocenters. The standard InChI is InChI=1S/C21H18Cl2F2N4O7S2.C21H18Cl2F2N4O5S2/c1-36-16-3-2-10(5-17(16)38(34,35)28-11-8-37(32,33)9-11)4-13-14(22)6-12(7-15(13)23)29-21(31)26-20(30)18(27-29)19(24)25;1-34-16-3-2-10(5-17(16)36(32,33)28-11-8-35-9-11)4-13-14(22)6-12(7-15(13)23)29-21(31)26-20(30)18(27-29)19(24)25/h2-3,5-7,11,19,28H,4,8-9H2,1H3,(H,26,30,31);2-3,5-7,11,19,28H,4,8-9H2,1H3,(H,26,30,31). The van der Waals surface area contributed by atoms with Crippen molar-refractivity contribution in [2.75, 3.05) is 37.2 Å². The van der Waals surface area contributed by atoms with Crippen molar-refractivity contribution in [3.8, 4) is 22.9 Å². The van der Waals surface area contributed by atoms with Crippen molar-refractivity contribution in [1.29, 1.82) is 0 Å². The first-order valence-corrected chi connectivity index (χ1v) is 28.3. The first kappa shape index (κ1) is 56.4. The van der Waals surface area contributed by atoms with E-state index in [1.807, 2.05) is 0 Å². The summed E-state index contributed by atoms with van der Waals surface area (Å²) in [6, 6.07) is 13.0. The smallest absolute Gasteiger partial charge is 0.349 e. The third kappa shape index (κ3) is 12.7. The summed E-state index contributed by atoms with van der Waals surface area (Å²) in [7, 11) is -8.62. The van der Waals surface area contributed by atoms with Crippen molar-refractivity contribution in [2.24, 2.45) is 0 Å². The van der Waals surface area contributed by atoms with E-state index in [9.17, 15) is 62.0 Å². The number of rotatable bonds is 16. The molecule has 0 aliphatic carbocycles. The molecule has 74 heavy (non-hydrogen) atoms. The predicted molar refractivity (Wildman–Crippen MR) is 267 cm³/mol. The third-order valence-corrected chi connectivity index (χ3v) is 18.4. The van der Waals surface area contributed by atoms with Crippen LogP contribution in [0.15, 0.2) is 89.6 Å². The number of sulfone groups is 1. The summed E-state index contributed by atoms with van der Waals surface area (Å²) >= 11 is 27.2. The van der Waals surface area contributed by atoms with Gasteiger partial charge < -0.3 is 9.47 Å². The molecule has 6 aromatic rings. The Kier molecular flexibility index (Phi) is 17.2. The van der Waals surface area contributed by atoms with E-state index in [4.69, 9.17) is 55.9 Å². The van der Waals surface area contributed by atoms with Gasteiger partial charge in [0.05, 0.1) is 37.1 Å². The molecule has 0 unspecified atom stereocenters. The van der Waals surface area contributed by atoms with E-state index in [-0.39, 0.29) is 83.1 Å². The number of ether oxygens (including phenoxy) is 2. The fourth-order valence-corrected chi connectivity index (χ4v) is 13.7. The molecule has 4 N–H and O–H groups in total. The van der Waals surface area contributed by atoms with Gasteiger partial charge in [-0.1, -0.05) is 58.5 Å². The second kappa shape index (κ2) is 22.5. The molecule has 396 valence electrons. The number of alkyl halides is 4. The van der Waals surface area contributed by atoms with E-state index >= 15 is 0 Å². The van der Waals surface area contributed by atoms with Crippen molar-refractivity contribution in [3.63, 3.8) is 0 Å². The van der Waals surface area contributed by atoms with Crippen LogP contribution in [0.2, 0.25) is 20.1 Å². The molecule has 2 fully saturated rings. The Balaban J connectivity index is 0.000000217. The summed E-state index contributed by atoms with van der Waals surface area (Å²) in [6.07, 6.45) is -6.32. The van der Waals surface area contributed by atoms with Gasteiger partial charge >= 0.3 is 11.4 Å². The number of halogens is 8. The van der Waals surface area contributed by atoms with Crippen LogP contribution in [-0.4, -0.2) is 104 Å². The highest BCUT2D eigenvalue weighted by atomic mass is 35.5. The van der Waals surface area contributed by atoms with Gasteiger partial charge in [0, 0.05) is 56.5 Å². The van der Waals surface area contributed by atoms with Crippen LogP contribution >= 0.6 is 58.2 Å². The van der Waals surface area contributed by atoms with Crippen LogP contribution in [0.1, 0.15) is 46.5 Å². The Morgan fingerprint density at radius 1 is 0.649 bits per heavy atom. The van der Waals surface area contributed by atoms with Gasteiger partial charge in [-0.2, -0.15) is 31.3 Å². The number of sulfonamides is 2. The van der Waals surface area contributed by atoms with Gasteiger partial charge in [0.25, 0.3) is 24.0 Å². The zero-order valence-electron chi connectivity index (χ0n) is 37.7. The lowest BCUT2D eigenvalue weighted by Crippen LogP contribution is -2.52. The molecule has 0 saturated carbocycles. The molecule has 2 aliphatic rings. The highest BCUT2D eigenvalue weighted by Gasteiger charge is 2.37. The third-order valence-electron chi connectivity index (χ3n) is 10.8. The molecule has 4 heterocycles. The minimum absolute atomic E-state index is 0.00372. The summed E-state index contributed by atoms with van der Waals surface area (Å²) in [6.45, 7) is 0. The number of aromatic amines is 2. The maximum Gasteiger partial charge on any atom is 0.349 e. The molecule has 0 amide bonds. The number of H-pyrrole nitrogens is 2. The molecular formula is C42H36Cl4F4N8O12S4. The van der Waals surface area contributed by atoms with Crippen molar-refractivity contribution < 1.29 is 52.3 Å². The Morgan fingerprint density at radius 3 is 1.32 bits per heavy atom. The second-order valence-corrected chi connectivity index (χ2v) is 24.3. The van der Waals surface area contributed by atoms with E-state index < -0.39 is 82.7 Å². The lowest BCUT2D eigenvalue weighted by Gasteiger charge is -2.26. The van der Waals surface area contributed by atoms with Crippen LogP contribution in [0.25, 0.3) is 11.4 Å². The number of hydrogen-bond acceptors (Lipinski definition) is 15. The molecule has 0 bridgehead atoms. The number of thioether (sulfide) groups is 1. The maximum atomic E-state index is 13.1. The number of benzene rings is 4. The Labute approximate surface area is 440 Å². The number of nitrogens with one attached hydrogen (secondary N) is 4. The summed E-state index contributed by atoms with van der Waals surface area (Å²) in [4.78, 5) is 50.7. The fraction of sp³-hybridized carbons (Fsp3) is 0.286. The monoisotopic (exact) mass is 1190 g/mol. The average Bonchev–Trinajstić information content (AvgIpc) is 3.29. The summed E-state index contributed by atoms with van der Waals surface area (Å²) in [5.74, 6) is 0.948. The molecular weight excluding hydrogens is 1150 g/mol. The first-order chi connectivity index (χ1) is 34.7. The number of aromatic nitrogens is 6. The van der Waals surface area contributed by atoms with E-state index in [0.29, 0.717) is 43.1 Å². The topological polar surface area (TPSA) is 280 Å². The minimum atomic E-state index is -4.15. The molecule has 32 heteroatoms. The molecule has 2 aliphatic heterocycles. The van der Waals surface area contributed by atoms with Crippen molar-refractivity contribution in [3.05, 3.63) is 156 Å². The summed E-state index contributed by atoms with van der Waals surface area (Å²) < 4.78 is 143. The molecule has 8 rings (SSSR count). The Bertz CT molecular complexity index is 3730. The van der Waals surface area contributed by atoms with Gasteiger partial charge in [0.1, 0.15) is 21.3 Å². The fourth-order valence-electron chi connectivity index (χ4n) is 7.21. The van der Waals surface area contributed by atoms with Crippen LogP contribution in [0.5, 0.6) is 11.5 Å². The molecule has 0 spiro atoms. The lowest BCUT2D eigenvalue weighted by molar-refractivity contribution is 0.141. The van der Waals surface area contributed by atoms with Gasteiger partial charge in [-0.15, -0.1) is 0 Å². The van der Waals surface area contributed by atoms with E-state index in [0.717, 1.165) is 0 Å². The van der Waals surface area contributed by atoms with Gasteiger partial charge in [-0.3, -0.25) is 19.6 Å².